The fourth-order valence-corrected chi connectivity index (χ4v) is 1.75. The van der Waals surface area contributed by atoms with Gasteiger partial charge < -0.3 is 11.1 Å². The number of nitrogens with zero attached hydrogens (tertiary/aromatic N) is 1. The first-order chi connectivity index (χ1) is 8.65. The van der Waals surface area contributed by atoms with E-state index in [-0.39, 0.29) is 5.82 Å². The van der Waals surface area contributed by atoms with E-state index >= 15 is 0 Å². The lowest BCUT2D eigenvalue weighted by atomic mass is 10.1. The number of nitrogen functional groups attached to an aromatic ring is 1. The van der Waals surface area contributed by atoms with Crippen LogP contribution in [0.4, 0.5) is 15.9 Å². The fraction of sp³-hybridized carbons (Fsp3) is 0.154. The van der Waals surface area contributed by atoms with Gasteiger partial charge in [0.2, 0.25) is 0 Å². The third kappa shape index (κ3) is 3.34. The van der Waals surface area contributed by atoms with E-state index in [1.807, 2.05) is 0 Å². The van der Waals surface area contributed by atoms with Gasteiger partial charge in [0.05, 0.1) is 10.7 Å². The zero-order valence-electron chi connectivity index (χ0n) is 9.66. The van der Waals surface area contributed by atoms with Crippen LogP contribution in [-0.4, -0.2) is 11.5 Å². The van der Waals surface area contributed by atoms with Crippen LogP contribution in [0.25, 0.3) is 0 Å². The molecule has 0 aliphatic carbocycles. The third-order valence-corrected chi connectivity index (χ3v) is 2.71. The molecule has 0 atom stereocenters. The molecule has 0 bridgehead atoms. The number of halogens is 2. The van der Waals surface area contributed by atoms with Crippen LogP contribution in [0.5, 0.6) is 0 Å². The number of nitrogens with one attached hydrogen (secondary N) is 1. The summed E-state index contributed by atoms with van der Waals surface area (Å²) >= 11 is 5.76. The van der Waals surface area contributed by atoms with Crippen LogP contribution in [0, 0.1) is 5.82 Å². The summed E-state index contributed by atoms with van der Waals surface area (Å²) in [6.07, 6.45) is 2.31. The Morgan fingerprint density at radius 2 is 2.00 bits per heavy atom. The van der Waals surface area contributed by atoms with Crippen LogP contribution in [0.3, 0.4) is 0 Å². The SMILES string of the molecule is Nc1cc(Cl)cnc1NCCc1ccc(F)cc1. The Hall–Kier alpha value is -1.81. The van der Waals surface area contributed by atoms with Gasteiger partial charge in [-0.25, -0.2) is 9.37 Å². The predicted octanol–water partition coefficient (Wildman–Crippen LogP) is 3.11. The Bertz CT molecular complexity index is 528. The minimum Gasteiger partial charge on any atom is -0.396 e. The molecule has 2 aromatic rings. The highest BCUT2D eigenvalue weighted by Gasteiger charge is 2.01. The third-order valence-electron chi connectivity index (χ3n) is 2.50. The molecule has 0 aliphatic heterocycles. The van der Waals surface area contributed by atoms with Crippen LogP contribution >= 0.6 is 11.6 Å². The number of benzene rings is 1. The molecule has 94 valence electrons. The van der Waals surface area contributed by atoms with Crippen LogP contribution in [0.15, 0.2) is 36.5 Å². The van der Waals surface area contributed by atoms with Crippen molar-refractivity contribution in [3.63, 3.8) is 0 Å². The van der Waals surface area contributed by atoms with E-state index < -0.39 is 0 Å². The maximum atomic E-state index is 12.7. The zero-order chi connectivity index (χ0) is 13.0. The van der Waals surface area contributed by atoms with Gasteiger partial charge in [-0.1, -0.05) is 23.7 Å². The fourth-order valence-electron chi connectivity index (χ4n) is 1.58. The standard InChI is InChI=1S/C13H13ClFN3/c14-10-7-12(16)13(18-8-10)17-6-5-9-1-3-11(15)4-2-9/h1-4,7-8H,5-6,16H2,(H,17,18). The molecule has 0 aliphatic rings. The van der Waals surface area contributed by atoms with Crippen LogP contribution in [0.1, 0.15) is 5.56 Å². The number of aromatic nitrogens is 1. The van der Waals surface area contributed by atoms with E-state index in [2.05, 4.69) is 10.3 Å². The minimum atomic E-state index is -0.227. The molecule has 3 nitrogen and oxygen atoms in total. The van der Waals surface area contributed by atoms with Gasteiger partial charge in [-0.3, -0.25) is 0 Å². The summed E-state index contributed by atoms with van der Waals surface area (Å²) in [6, 6.07) is 8.06. The van der Waals surface area contributed by atoms with Crippen LogP contribution in [-0.2, 0) is 6.42 Å². The first-order valence-electron chi connectivity index (χ1n) is 5.54. The summed E-state index contributed by atoms with van der Waals surface area (Å²) in [7, 11) is 0. The van der Waals surface area contributed by atoms with Gasteiger partial charge in [0, 0.05) is 12.7 Å². The van der Waals surface area contributed by atoms with Gasteiger partial charge in [-0.2, -0.15) is 0 Å². The lowest BCUT2D eigenvalue weighted by Crippen LogP contribution is -2.08. The molecule has 1 aromatic carbocycles. The lowest BCUT2D eigenvalue weighted by Gasteiger charge is -2.08. The highest BCUT2D eigenvalue weighted by atomic mass is 35.5. The molecule has 1 aromatic heterocycles. The van der Waals surface area contributed by atoms with Crippen molar-refractivity contribution in [1.82, 2.24) is 4.98 Å². The van der Waals surface area contributed by atoms with Crippen LogP contribution < -0.4 is 11.1 Å². The first kappa shape index (κ1) is 12.6. The molecular formula is C13H13ClFN3. The molecule has 0 unspecified atom stereocenters. The number of anilines is 2. The van der Waals surface area contributed by atoms with Crippen LogP contribution in [0.2, 0.25) is 5.02 Å². The van der Waals surface area contributed by atoms with E-state index in [1.54, 1.807) is 18.2 Å². The second-order valence-corrected chi connectivity index (χ2v) is 4.33. The van der Waals surface area contributed by atoms with E-state index in [9.17, 15) is 4.39 Å². The van der Waals surface area contributed by atoms with Gasteiger partial charge in [0.1, 0.15) is 11.6 Å². The van der Waals surface area contributed by atoms with Crippen molar-refractivity contribution in [2.45, 2.75) is 6.42 Å². The monoisotopic (exact) mass is 265 g/mol. The van der Waals surface area contributed by atoms with Gasteiger partial charge in [0.15, 0.2) is 0 Å². The molecular weight excluding hydrogens is 253 g/mol. The number of rotatable bonds is 4. The molecule has 5 heteroatoms. The maximum Gasteiger partial charge on any atom is 0.149 e. The topological polar surface area (TPSA) is 50.9 Å². The van der Waals surface area contributed by atoms with Crippen molar-refractivity contribution in [2.24, 2.45) is 0 Å². The number of hydrogen-bond acceptors (Lipinski definition) is 3. The molecule has 0 saturated carbocycles. The predicted molar refractivity (Wildman–Crippen MR) is 72.3 cm³/mol. The first-order valence-corrected chi connectivity index (χ1v) is 5.92. The molecule has 3 N–H and O–H groups in total. The Kier molecular flexibility index (Phi) is 3.99. The molecule has 0 saturated heterocycles. The molecule has 0 amide bonds. The molecule has 18 heavy (non-hydrogen) atoms. The largest absolute Gasteiger partial charge is 0.396 e. The average molecular weight is 266 g/mol. The second-order valence-electron chi connectivity index (χ2n) is 3.89. The quantitative estimate of drug-likeness (QED) is 0.893. The zero-order valence-corrected chi connectivity index (χ0v) is 10.4. The average Bonchev–Trinajstić information content (AvgIpc) is 2.34. The Labute approximate surface area is 110 Å². The van der Waals surface area contributed by atoms with Crippen molar-refractivity contribution in [3.05, 3.63) is 52.9 Å². The summed E-state index contributed by atoms with van der Waals surface area (Å²) in [5.74, 6) is 0.386. The van der Waals surface area contributed by atoms with Crippen molar-refractivity contribution in [2.75, 3.05) is 17.6 Å². The number of hydrogen-bond donors (Lipinski definition) is 2. The second kappa shape index (κ2) is 5.69. The highest BCUT2D eigenvalue weighted by Crippen LogP contribution is 2.19. The van der Waals surface area contributed by atoms with Gasteiger partial charge in [0.25, 0.3) is 0 Å². The van der Waals surface area contributed by atoms with Gasteiger partial charge >= 0.3 is 0 Å². The van der Waals surface area contributed by atoms with Crippen molar-refractivity contribution in [3.8, 4) is 0 Å². The van der Waals surface area contributed by atoms with E-state index in [4.69, 9.17) is 17.3 Å². The number of pyridine rings is 1. The summed E-state index contributed by atoms with van der Waals surface area (Å²) in [6.45, 7) is 0.671. The van der Waals surface area contributed by atoms with Crippen molar-refractivity contribution in [1.29, 1.82) is 0 Å². The number of nitrogens with two attached hydrogens (primary N) is 1. The summed E-state index contributed by atoms with van der Waals surface area (Å²) in [5.41, 5.74) is 7.33. The summed E-state index contributed by atoms with van der Waals surface area (Å²) in [5, 5.41) is 3.63. The lowest BCUT2D eigenvalue weighted by molar-refractivity contribution is 0.627. The summed E-state index contributed by atoms with van der Waals surface area (Å²) < 4.78 is 12.7. The molecule has 2 rings (SSSR count). The van der Waals surface area contributed by atoms with E-state index in [0.717, 1.165) is 12.0 Å². The Morgan fingerprint density at radius 1 is 1.28 bits per heavy atom. The molecule has 0 radical (unpaired) electrons. The van der Waals surface area contributed by atoms with Gasteiger partial charge in [-0.05, 0) is 30.2 Å². The normalized spacial score (nSPS) is 10.3. The Balaban J connectivity index is 1.90. The summed E-state index contributed by atoms with van der Waals surface area (Å²) in [4.78, 5) is 4.10. The Morgan fingerprint density at radius 3 is 2.67 bits per heavy atom. The molecule has 0 fully saturated rings. The highest BCUT2D eigenvalue weighted by molar-refractivity contribution is 6.30. The van der Waals surface area contributed by atoms with Crippen molar-refractivity contribution >= 4 is 23.1 Å². The van der Waals surface area contributed by atoms with Gasteiger partial charge in [-0.15, -0.1) is 0 Å². The minimum absolute atomic E-state index is 0.227. The van der Waals surface area contributed by atoms with Crippen molar-refractivity contribution < 1.29 is 4.39 Å². The maximum absolute atomic E-state index is 12.7. The molecule has 0 spiro atoms. The van der Waals surface area contributed by atoms with E-state index in [1.165, 1.54) is 18.3 Å². The smallest absolute Gasteiger partial charge is 0.149 e. The van der Waals surface area contributed by atoms with E-state index in [0.29, 0.717) is 23.1 Å². The molecule has 1 heterocycles.